The van der Waals surface area contributed by atoms with Crippen molar-refractivity contribution in [2.75, 3.05) is 0 Å². The van der Waals surface area contributed by atoms with E-state index >= 15 is 0 Å². The van der Waals surface area contributed by atoms with Crippen LogP contribution in [-0.4, -0.2) is 4.98 Å². The van der Waals surface area contributed by atoms with Gasteiger partial charge in [-0.3, -0.25) is 0 Å². The Labute approximate surface area is 108 Å². The summed E-state index contributed by atoms with van der Waals surface area (Å²) >= 11 is 0. The normalized spacial score (nSPS) is 12.2. The lowest BCUT2D eigenvalue weighted by Crippen LogP contribution is -2.05. The van der Waals surface area contributed by atoms with Crippen molar-refractivity contribution in [2.45, 2.75) is 26.8 Å². The van der Waals surface area contributed by atoms with E-state index < -0.39 is 0 Å². The van der Waals surface area contributed by atoms with Gasteiger partial charge in [0.1, 0.15) is 5.75 Å². The number of hydrogen-bond donors (Lipinski definition) is 1. The van der Waals surface area contributed by atoms with Crippen LogP contribution in [0.25, 0.3) is 0 Å². The van der Waals surface area contributed by atoms with Gasteiger partial charge in [0.25, 0.3) is 0 Å². The minimum Gasteiger partial charge on any atom is -0.439 e. The molecule has 1 aromatic carbocycles. The fraction of sp³-hybridized carbons (Fsp3) is 0.267. The molecule has 0 unspecified atom stereocenters. The Balaban J connectivity index is 2.28. The first-order valence-electron chi connectivity index (χ1n) is 6.03. The molecule has 0 saturated heterocycles. The minimum atomic E-state index is -0.0195. The van der Waals surface area contributed by atoms with Gasteiger partial charge in [0.05, 0.1) is 0 Å². The molecule has 0 aliphatic heterocycles. The second kappa shape index (κ2) is 5.19. The number of ether oxygens (including phenoxy) is 1. The average Bonchev–Trinajstić information content (AvgIpc) is 2.34. The summed E-state index contributed by atoms with van der Waals surface area (Å²) in [6, 6.07) is 9.88. The minimum absolute atomic E-state index is 0.0195. The molecule has 1 atom stereocenters. The van der Waals surface area contributed by atoms with Crippen LogP contribution in [0.1, 0.15) is 29.7 Å². The van der Waals surface area contributed by atoms with Crippen LogP contribution >= 0.6 is 0 Å². The zero-order valence-corrected chi connectivity index (χ0v) is 11.0. The molecular formula is C15H18N2O. The van der Waals surface area contributed by atoms with Crippen molar-refractivity contribution in [1.29, 1.82) is 0 Å². The zero-order valence-electron chi connectivity index (χ0n) is 11.0. The van der Waals surface area contributed by atoms with Crippen molar-refractivity contribution >= 4 is 0 Å². The highest BCUT2D eigenvalue weighted by Gasteiger charge is 2.05. The highest BCUT2D eigenvalue weighted by Crippen LogP contribution is 2.25. The Hall–Kier alpha value is -1.87. The van der Waals surface area contributed by atoms with Gasteiger partial charge in [-0.1, -0.05) is 12.1 Å². The fourth-order valence-electron chi connectivity index (χ4n) is 1.69. The van der Waals surface area contributed by atoms with Gasteiger partial charge in [-0.25, -0.2) is 4.98 Å². The zero-order chi connectivity index (χ0) is 13.1. The van der Waals surface area contributed by atoms with E-state index in [4.69, 9.17) is 10.5 Å². The Morgan fingerprint density at radius 3 is 2.67 bits per heavy atom. The first kappa shape index (κ1) is 12.6. The Bertz CT molecular complexity index is 550. The van der Waals surface area contributed by atoms with Crippen LogP contribution in [0, 0.1) is 13.8 Å². The highest BCUT2D eigenvalue weighted by atomic mass is 16.5. The van der Waals surface area contributed by atoms with E-state index in [1.165, 1.54) is 5.56 Å². The van der Waals surface area contributed by atoms with Crippen molar-refractivity contribution in [3.63, 3.8) is 0 Å². The predicted molar refractivity (Wildman–Crippen MR) is 72.8 cm³/mol. The van der Waals surface area contributed by atoms with Crippen LogP contribution in [0.4, 0.5) is 0 Å². The number of nitrogens with two attached hydrogens (primary N) is 1. The molecule has 0 saturated carbocycles. The van der Waals surface area contributed by atoms with E-state index in [1.807, 2.05) is 45.0 Å². The topological polar surface area (TPSA) is 48.1 Å². The summed E-state index contributed by atoms with van der Waals surface area (Å²) in [4.78, 5) is 4.21. The molecular weight excluding hydrogens is 224 g/mol. The lowest BCUT2D eigenvalue weighted by Gasteiger charge is -2.11. The van der Waals surface area contributed by atoms with Gasteiger partial charge in [-0.15, -0.1) is 0 Å². The number of aryl methyl sites for hydroxylation is 2. The van der Waals surface area contributed by atoms with Crippen LogP contribution in [0.5, 0.6) is 11.6 Å². The van der Waals surface area contributed by atoms with E-state index in [9.17, 15) is 0 Å². The molecule has 1 aromatic heterocycles. The lowest BCUT2D eigenvalue weighted by molar-refractivity contribution is 0.458. The van der Waals surface area contributed by atoms with Gasteiger partial charge in [0.15, 0.2) is 0 Å². The smallest absolute Gasteiger partial charge is 0.219 e. The van der Waals surface area contributed by atoms with Crippen LogP contribution in [0.3, 0.4) is 0 Å². The number of aromatic nitrogens is 1. The van der Waals surface area contributed by atoms with E-state index in [1.54, 1.807) is 6.20 Å². The lowest BCUT2D eigenvalue weighted by atomic mass is 10.1. The number of nitrogens with zero attached hydrogens (tertiary/aromatic N) is 1. The molecule has 18 heavy (non-hydrogen) atoms. The third-order valence-corrected chi connectivity index (χ3v) is 2.84. The van der Waals surface area contributed by atoms with E-state index in [0.29, 0.717) is 5.88 Å². The number of hydrogen-bond acceptors (Lipinski definition) is 3. The summed E-state index contributed by atoms with van der Waals surface area (Å²) < 4.78 is 5.81. The third kappa shape index (κ3) is 2.87. The summed E-state index contributed by atoms with van der Waals surface area (Å²) in [5, 5.41) is 0. The SMILES string of the molecule is Cc1ccc(C)c(Oc2cc([C@@H](C)N)ccn2)c1. The predicted octanol–water partition coefficient (Wildman–Crippen LogP) is 3.51. The second-order valence-electron chi connectivity index (χ2n) is 4.59. The molecule has 94 valence electrons. The quantitative estimate of drug-likeness (QED) is 0.896. The van der Waals surface area contributed by atoms with Crippen molar-refractivity contribution in [1.82, 2.24) is 4.98 Å². The van der Waals surface area contributed by atoms with Crippen molar-refractivity contribution in [3.05, 3.63) is 53.2 Å². The molecule has 0 radical (unpaired) electrons. The van der Waals surface area contributed by atoms with E-state index in [-0.39, 0.29) is 6.04 Å². The summed E-state index contributed by atoms with van der Waals surface area (Å²) in [6.07, 6.45) is 1.72. The van der Waals surface area contributed by atoms with Crippen molar-refractivity contribution in [2.24, 2.45) is 5.73 Å². The van der Waals surface area contributed by atoms with Gasteiger partial charge < -0.3 is 10.5 Å². The fourth-order valence-corrected chi connectivity index (χ4v) is 1.69. The molecule has 2 aromatic rings. The Morgan fingerprint density at radius 1 is 1.17 bits per heavy atom. The summed E-state index contributed by atoms with van der Waals surface area (Å²) in [7, 11) is 0. The second-order valence-corrected chi connectivity index (χ2v) is 4.59. The van der Waals surface area contributed by atoms with Crippen LogP contribution < -0.4 is 10.5 Å². The molecule has 0 aliphatic carbocycles. The van der Waals surface area contributed by atoms with Gasteiger partial charge in [-0.2, -0.15) is 0 Å². The monoisotopic (exact) mass is 242 g/mol. The molecule has 3 nitrogen and oxygen atoms in total. The first-order chi connectivity index (χ1) is 8.56. The molecule has 0 spiro atoms. The van der Waals surface area contributed by atoms with E-state index in [2.05, 4.69) is 11.1 Å². The average molecular weight is 242 g/mol. The number of rotatable bonds is 3. The van der Waals surface area contributed by atoms with Crippen LogP contribution in [0.2, 0.25) is 0 Å². The molecule has 1 heterocycles. The summed E-state index contributed by atoms with van der Waals surface area (Å²) in [5.41, 5.74) is 9.12. The van der Waals surface area contributed by atoms with Gasteiger partial charge in [-0.05, 0) is 49.6 Å². The van der Waals surface area contributed by atoms with Gasteiger partial charge in [0.2, 0.25) is 5.88 Å². The standard InChI is InChI=1S/C15H18N2O/c1-10-4-5-11(2)14(8-10)18-15-9-13(12(3)16)6-7-17-15/h4-9,12H,16H2,1-3H3/t12-/m1/s1. The highest BCUT2D eigenvalue weighted by molar-refractivity contribution is 5.38. The maximum absolute atomic E-state index is 5.85. The largest absolute Gasteiger partial charge is 0.439 e. The molecule has 2 N–H and O–H groups in total. The van der Waals surface area contributed by atoms with Gasteiger partial charge >= 0.3 is 0 Å². The number of benzene rings is 1. The van der Waals surface area contributed by atoms with Crippen LogP contribution in [-0.2, 0) is 0 Å². The van der Waals surface area contributed by atoms with Crippen molar-refractivity contribution < 1.29 is 4.74 Å². The third-order valence-electron chi connectivity index (χ3n) is 2.84. The molecule has 3 heteroatoms. The van der Waals surface area contributed by atoms with Crippen LogP contribution in [0.15, 0.2) is 36.5 Å². The Morgan fingerprint density at radius 2 is 1.94 bits per heavy atom. The first-order valence-corrected chi connectivity index (χ1v) is 6.03. The summed E-state index contributed by atoms with van der Waals surface area (Å²) in [5.74, 6) is 1.42. The van der Waals surface area contributed by atoms with Gasteiger partial charge in [0, 0.05) is 18.3 Å². The molecule has 0 bridgehead atoms. The summed E-state index contributed by atoms with van der Waals surface area (Å²) in [6.45, 7) is 6.00. The van der Waals surface area contributed by atoms with E-state index in [0.717, 1.165) is 16.9 Å². The van der Waals surface area contributed by atoms with Crippen molar-refractivity contribution in [3.8, 4) is 11.6 Å². The Kier molecular flexibility index (Phi) is 3.63. The molecule has 0 aliphatic rings. The maximum atomic E-state index is 5.85. The molecule has 0 amide bonds. The number of pyridine rings is 1. The molecule has 0 fully saturated rings. The molecule has 2 rings (SSSR count). The maximum Gasteiger partial charge on any atom is 0.219 e.